The number of rotatable bonds is 7. The van der Waals surface area contributed by atoms with Crippen molar-refractivity contribution in [1.82, 2.24) is 0 Å². The van der Waals surface area contributed by atoms with E-state index < -0.39 is 12.7 Å². The molecule has 0 saturated heterocycles. The lowest BCUT2D eigenvalue weighted by Gasteiger charge is -2.20. The molecule has 0 bridgehead atoms. The lowest BCUT2D eigenvalue weighted by molar-refractivity contribution is 0.0720. The molecule has 0 aliphatic heterocycles. The third-order valence-corrected chi connectivity index (χ3v) is 3.34. The molecule has 0 radical (unpaired) electrons. The summed E-state index contributed by atoms with van der Waals surface area (Å²) in [6.07, 6.45) is 2.78. The van der Waals surface area contributed by atoms with E-state index in [2.05, 4.69) is 18.4 Å². The second-order valence-electron chi connectivity index (χ2n) is 3.96. The first kappa shape index (κ1) is 14.5. The molecule has 2 unspecified atom stereocenters. The molecule has 2 N–H and O–H groups in total. The summed E-state index contributed by atoms with van der Waals surface area (Å²) in [7, 11) is 1.56. The van der Waals surface area contributed by atoms with Crippen molar-refractivity contribution in [1.29, 1.82) is 0 Å². The van der Waals surface area contributed by atoms with Crippen molar-refractivity contribution in [3.63, 3.8) is 0 Å². The highest BCUT2D eigenvalue weighted by atomic mass is 32.2. The van der Waals surface area contributed by atoms with Crippen molar-refractivity contribution in [2.75, 3.05) is 25.8 Å². The second kappa shape index (κ2) is 7.69. The minimum atomic E-state index is -0.600. The topological polar surface area (TPSA) is 35.2 Å². The summed E-state index contributed by atoms with van der Waals surface area (Å²) in [4.78, 5) is 0. The number of hydrogen-bond acceptors (Lipinski definition) is 3. The molecule has 1 aromatic carbocycles. The van der Waals surface area contributed by atoms with Crippen molar-refractivity contribution in [2.45, 2.75) is 18.6 Å². The fourth-order valence-electron chi connectivity index (χ4n) is 1.73. The first-order chi connectivity index (χ1) is 8.22. The Balaban J connectivity index is 2.71. The minimum absolute atomic E-state index is 0.366. The van der Waals surface area contributed by atoms with E-state index in [0.29, 0.717) is 0 Å². The van der Waals surface area contributed by atoms with Crippen LogP contribution >= 0.6 is 11.8 Å². The third-order valence-electron chi connectivity index (χ3n) is 2.72. The summed E-state index contributed by atoms with van der Waals surface area (Å²) < 4.78 is 17.8. The van der Waals surface area contributed by atoms with Gasteiger partial charge in [0.1, 0.15) is 6.67 Å². The van der Waals surface area contributed by atoms with Crippen LogP contribution in [0.2, 0.25) is 0 Å². The lowest BCUT2D eigenvalue weighted by Crippen LogP contribution is -2.31. The van der Waals surface area contributed by atoms with E-state index in [-0.39, 0.29) is 6.10 Å². The fourth-order valence-corrected chi connectivity index (χ4v) is 2.17. The predicted molar refractivity (Wildman–Crippen MR) is 72.2 cm³/mol. The molecule has 17 heavy (non-hydrogen) atoms. The number of aryl methyl sites for hydroxylation is 1. The Morgan fingerprint density at radius 1 is 1.35 bits per heavy atom. The molecule has 0 fully saturated rings. The molecule has 0 aliphatic carbocycles. The summed E-state index contributed by atoms with van der Waals surface area (Å²) in [6.45, 7) is -0.577. The van der Waals surface area contributed by atoms with E-state index >= 15 is 0 Å². The normalized spacial score (nSPS) is 14.6. The molecular formula is C13H20FNOS. The zero-order valence-electron chi connectivity index (χ0n) is 10.4. The van der Waals surface area contributed by atoms with Crippen LogP contribution in [0.1, 0.15) is 17.2 Å². The van der Waals surface area contributed by atoms with Gasteiger partial charge in [0.15, 0.2) is 0 Å². The van der Waals surface area contributed by atoms with E-state index in [9.17, 15) is 4.39 Å². The number of methoxy groups -OCH3 is 1. The largest absolute Gasteiger partial charge is 0.375 e. The number of benzene rings is 1. The van der Waals surface area contributed by atoms with Crippen LogP contribution in [-0.4, -0.2) is 31.8 Å². The van der Waals surface area contributed by atoms with Gasteiger partial charge in [-0.2, -0.15) is 11.8 Å². The third kappa shape index (κ3) is 4.30. The van der Waals surface area contributed by atoms with E-state index in [0.717, 1.165) is 17.7 Å². The van der Waals surface area contributed by atoms with Crippen LogP contribution in [0.3, 0.4) is 0 Å². The number of nitrogens with two attached hydrogens (primary N) is 1. The molecule has 0 amide bonds. The van der Waals surface area contributed by atoms with Crippen LogP contribution in [-0.2, 0) is 11.2 Å². The summed E-state index contributed by atoms with van der Waals surface area (Å²) in [5.41, 5.74) is 7.89. The molecule has 0 spiro atoms. The monoisotopic (exact) mass is 257 g/mol. The molecule has 0 saturated carbocycles. The van der Waals surface area contributed by atoms with E-state index in [4.69, 9.17) is 10.5 Å². The van der Waals surface area contributed by atoms with Gasteiger partial charge in [-0.15, -0.1) is 0 Å². The smallest absolute Gasteiger partial charge is 0.107 e. The maximum atomic E-state index is 12.5. The van der Waals surface area contributed by atoms with Crippen LogP contribution in [0.25, 0.3) is 0 Å². The van der Waals surface area contributed by atoms with Crippen LogP contribution in [0.4, 0.5) is 4.39 Å². The second-order valence-corrected chi connectivity index (χ2v) is 4.94. The molecule has 0 aliphatic rings. The molecule has 1 aromatic rings. The van der Waals surface area contributed by atoms with Gasteiger partial charge in [0, 0.05) is 7.11 Å². The van der Waals surface area contributed by atoms with Gasteiger partial charge in [-0.1, -0.05) is 24.3 Å². The maximum Gasteiger partial charge on any atom is 0.107 e. The minimum Gasteiger partial charge on any atom is -0.375 e. The van der Waals surface area contributed by atoms with Crippen LogP contribution in [0.15, 0.2) is 24.3 Å². The van der Waals surface area contributed by atoms with Crippen molar-refractivity contribution >= 4 is 11.8 Å². The summed E-state index contributed by atoms with van der Waals surface area (Å²) >= 11 is 1.83. The van der Waals surface area contributed by atoms with Gasteiger partial charge in [-0.05, 0) is 29.6 Å². The molecule has 2 atom stereocenters. The Hall–Kier alpha value is -0.580. The average Bonchev–Trinajstić information content (AvgIpc) is 2.38. The molecule has 1 rings (SSSR count). The number of hydrogen-bond donors (Lipinski definition) is 1. The van der Waals surface area contributed by atoms with E-state index in [1.165, 1.54) is 5.56 Å². The number of ether oxygens (including phenoxy) is 1. The van der Waals surface area contributed by atoms with E-state index in [1.54, 1.807) is 7.11 Å². The van der Waals surface area contributed by atoms with E-state index in [1.807, 2.05) is 23.9 Å². The quantitative estimate of drug-likeness (QED) is 0.815. The van der Waals surface area contributed by atoms with Gasteiger partial charge < -0.3 is 10.5 Å². The van der Waals surface area contributed by atoms with Crippen LogP contribution < -0.4 is 5.73 Å². The Kier molecular flexibility index (Phi) is 6.55. The Morgan fingerprint density at radius 2 is 2.00 bits per heavy atom. The first-order valence-corrected chi connectivity index (χ1v) is 7.04. The number of halogens is 1. The highest BCUT2D eigenvalue weighted by Crippen LogP contribution is 2.20. The predicted octanol–water partition coefficient (Wildman–Crippen LogP) is 2.58. The van der Waals surface area contributed by atoms with Gasteiger partial charge in [-0.25, -0.2) is 4.39 Å². The SMILES string of the molecule is COC(c1ccc(CCSC)cc1)C(N)CF. The van der Waals surface area contributed by atoms with Gasteiger partial charge in [0.05, 0.1) is 12.1 Å². The highest BCUT2D eigenvalue weighted by molar-refractivity contribution is 7.98. The maximum absolute atomic E-state index is 12.5. The van der Waals surface area contributed by atoms with Crippen molar-refractivity contribution in [2.24, 2.45) is 5.73 Å². The van der Waals surface area contributed by atoms with Gasteiger partial charge in [0.25, 0.3) is 0 Å². The zero-order valence-corrected chi connectivity index (χ0v) is 11.2. The number of alkyl halides is 1. The molecule has 2 nitrogen and oxygen atoms in total. The van der Waals surface area contributed by atoms with Gasteiger partial charge >= 0.3 is 0 Å². The molecule has 0 aromatic heterocycles. The number of thioether (sulfide) groups is 1. The Labute approximate surface area is 107 Å². The molecule has 4 heteroatoms. The van der Waals surface area contributed by atoms with Crippen molar-refractivity contribution in [3.8, 4) is 0 Å². The average molecular weight is 257 g/mol. The first-order valence-electron chi connectivity index (χ1n) is 5.65. The molecule has 0 heterocycles. The summed E-state index contributed by atoms with van der Waals surface area (Å²) in [5.74, 6) is 1.11. The molecular weight excluding hydrogens is 237 g/mol. The molecule has 96 valence electrons. The fraction of sp³-hybridized carbons (Fsp3) is 0.538. The Bertz CT molecular complexity index is 318. The van der Waals surface area contributed by atoms with Crippen molar-refractivity contribution in [3.05, 3.63) is 35.4 Å². The standard InChI is InChI=1S/C13H20FNOS/c1-16-13(12(15)9-14)11-5-3-10(4-6-11)7-8-17-2/h3-6,12-13H,7-9,15H2,1-2H3. The van der Waals surface area contributed by atoms with Crippen LogP contribution in [0.5, 0.6) is 0 Å². The van der Waals surface area contributed by atoms with Crippen LogP contribution in [0, 0.1) is 0 Å². The van der Waals surface area contributed by atoms with Crippen molar-refractivity contribution < 1.29 is 9.13 Å². The zero-order chi connectivity index (χ0) is 12.7. The lowest BCUT2D eigenvalue weighted by atomic mass is 10.0. The van der Waals surface area contributed by atoms with Gasteiger partial charge in [0.2, 0.25) is 0 Å². The highest BCUT2D eigenvalue weighted by Gasteiger charge is 2.18. The van der Waals surface area contributed by atoms with Gasteiger partial charge in [-0.3, -0.25) is 0 Å². The summed E-state index contributed by atoms with van der Waals surface area (Å²) in [6, 6.07) is 7.46. The Morgan fingerprint density at radius 3 is 2.47 bits per heavy atom. The summed E-state index contributed by atoms with van der Waals surface area (Å²) in [5, 5.41) is 0.